The van der Waals surface area contributed by atoms with Crippen LogP contribution >= 0.6 is 0 Å². The van der Waals surface area contributed by atoms with Crippen molar-refractivity contribution in [1.82, 2.24) is 9.97 Å². The third-order valence-corrected chi connectivity index (χ3v) is 6.24. The van der Waals surface area contributed by atoms with Crippen molar-refractivity contribution in [2.75, 3.05) is 19.0 Å². The first kappa shape index (κ1) is 21.3. The number of rotatable bonds is 6. The summed E-state index contributed by atoms with van der Waals surface area (Å²) in [4.78, 5) is 32.8. The lowest BCUT2D eigenvalue weighted by molar-refractivity contribution is 0.0681. The molecule has 34 heavy (non-hydrogen) atoms. The number of hydrogen-bond donors (Lipinski definition) is 4. The number of hydrogen-bond acceptors (Lipinski definition) is 3. The number of fused-ring (bicyclic) bond motifs is 2. The van der Waals surface area contributed by atoms with E-state index in [4.69, 9.17) is 0 Å². The van der Waals surface area contributed by atoms with Gasteiger partial charge in [0.25, 0.3) is 0 Å². The van der Waals surface area contributed by atoms with Crippen LogP contribution in [0.3, 0.4) is 0 Å². The van der Waals surface area contributed by atoms with E-state index in [0.717, 1.165) is 22.0 Å². The van der Waals surface area contributed by atoms with Crippen LogP contribution in [0.2, 0.25) is 0 Å². The molecule has 0 radical (unpaired) electrons. The molecule has 0 bridgehead atoms. The van der Waals surface area contributed by atoms with Crippen LogP contribution in [0.25, 0.3) is 21.8 Å². The van der Waals surface area contributed by atoms with E-state index in [1.54, 1.807) is 0 Å². The molecule has 0 amide bonds. The van der Waals surface area contributed by atoms with E-state index in [-0.39, 0.29) is 11.4 Å². The molecule has 4 N–H and O–H groups in total. The van der Waals surface area contributed by atoms with Gasteiger partial charge in [0.1, 0.15) is 11.4 Å². The Bertz CT molecular complexity index is 1450. The van der Waals surface area contributed by atoms with Crippen LogP contribution in [-0.2, 0) is 0 Å². The van der Waals surface area contributed by atoms with Crippen LogP contribution in [0, 0.1) is 0 Å². The molecule has 0 aliphatic rings. The first-order valence-electron chi connectivity index (χ1n) is 10.8. The highest BCUT2D eigenvalue weighted by atomic mass is 16.4. The Hall–Kier alpha value is -4.52. The number of aromatic amines is 2. The number of anilines is 1. The van der Waals surface area contributed by atoms with Crippen molar-refractivity contribution < 1.29 is 19.8 Å². The second kappa shape index (κ2) is 8.12. The predicted octanol–water partition coefficient (Wildman–Crippen LogP) is 5.29. The molecule has 0 saturated carbocycles. The van der Waals surface area contributed by atoms with Crippen molar-refractivity contribution in [3.63, 3.8) is 0 Å². The van der Waals surface area contributed by atoms with Crippen molar-refractivity contribution in [2.24, 2.45) is 0 Å². The number of carbonyl (C=O) groups is 2. The number of carboxylic acid groups (broad SMARTS) is 2. The van der Waals surface area contributed by atoms with Crippen LogP contribution in [0.4, 0.5) is 5.69 Å². The van der Waals surface area contributed by atoms with Gasteiger partial charge in [-0.2, -0.15) is 0 Å². The molecule has 5 aromatic rings. The molecule has 2 aromatic heterocycles. The van der Waals surface area contributed by atoms with E-state index < -0.39 is 17.9 Å². The van der Waals surface area contributed by atoms with Crippen molar-refractivity contribution in [1.29, 1.82) is 0 Å². The Morgan fingerprint density at radius 1 is 0.706 bits per heavy atom. The molecule has 0 unspecified atom stereocenters. The maximum Gasteiger partial charge on any atom is 0.352 e. The average Bonchev–Trinajstić information content (AvgIpc) is 3.40. The Labute approximate surface area is 195 Å². The number of nitrogens with one attached hydrogen (secondary N) is 2. The monoisotopic (exact) mass is 453 g/mol. The van der Waals surface area contributed by atoms with Gasteiger partial charge >= 0.3 is 11.9 Å². The topological polar surface area (TPSA) is 109 Å². The molecule has 7 nitrogen and oxygen atoms in total. The fraction of sp³-hybridized carbons (Fsp3) is 0.111. The van der Waals surface area contributed by atoms with Gasteiger partial charge in [-0.05, 0) is 29.8 Å². The summed E-state index contributed by atoms with van der Waals surface area (Å²) in [7, 11) is 3.88. The Balaban J connectivity index is 1.90. The number of aromatic carboxylic acids is 2. The Kier molecular flexibility index (Phi) is 5.09. The quantitative estimate of drug-likeness (QED) is 0.279. The predicted molar refractivity (Wildman–Crippen MR) is 132 cm³/mol. The van der Waals surface area contributed by atoms with E-state index in [1.807, 2.05) is 91.8 Å². The van der Waals surface area contributed by atoms with Crippen LogP contribution in [0.1, 0.15) is 43.6 Å². The summed E-state index contributed by atoms with van der Waals surface area (Å²) in [6.07, 6.45) is 0. The summed E-state index contributed by atoms with van der Waals surface area (Å²) in [6.45, 7) is 0. The number of benzene rings is 3. The number of carboxylic acids is 2. The fourth-order valence-corrected chi connectivity index (χ4v) is 4.71. The number of para-hydroxylation sites is 2. The Morgan fingerprint density at radius 3 is 1.56 bits per heavy atom. The summed E-state index contributed by atoms with van der Waals surface area (Å²) >= 11 is 0. The van der Waals surface area contributed by atoms with Crippen LogP contribution < -0.4 is 4.90 Å². The van der Waals surface area contributed by atoms with Gasteiger partial charge in [-0.15, -0.1) is 0 Å². The standard InChI is InChI=1S/C27H23N3O4/c1-30(2)16-13-11-15(12-14-16)21(22-17-7-3-5-9-19(17)28-24(22)26(31)32)23-18-8-4-6-10-20(18)29-25(23)27(33)34/h3-14,21,28-29H,1-2H3,(H,31,32)(H,33,34). The lowest BCUT2D eigenvalue weighted by Crippen LogP contribution is -2.13. The fourth-order valence-electron chi connectivity index (χ4n) is 4.71. The molecule has 2 heterocycles. The normalized spacial score (nSPS) is 11.4. The van der Waals surface area contributed by atoms with Crippen molar-refractivity contribution in [2.45, 2.75) is 5.92 Å². The Morgan fingerprint density at radius 2 is 1.15 bits per heavy atom. The zero-order chi connectivity index (χ0) is 24.0. The molecule has 3 aromatic carbocycles. The summed E-state index contributed by atoms with van der Waals surface area (Å²) in [6, 6.07) is 22.5. The molecule has 0 atom stereocenters. The summed E-state index contributed by atoms with van der Waals surface area (Å²) in [5.41, 5.74) is 4.31. The minimum Gasteiger partial charge on any atom is -0.477 e. The maximum atomic E-state index is 12.4. The molecule has 0 aliphatic heterocycles. The van der Waals surface area contributed by atoms with Crippen molar-refractivity contribution in [3.05, 3.63) is 101 Å². The number of H-pyrrole nitrogens is 2. The molecule has 0 aliphatic carbocycles. The maximum absolute atomic E-state index is 12.4. The van der Waals surface area contributed by atoms with Gasteiger partial charge in [0.15, 0.2) is 0 Å². The molecule has 170 valence electrons. The number of nitrogens with zero attached hydrogens (tertiary/aromatic N) is 1. The molecule has 5 rings (SSSR count). The van der Waals surface area contributed by atoms with Gasteiger partial charge in [-0.3, -0.25) is 0 Å². The second-order valence-electron chi connectivity index (χ2n) is 8.45. The van der Waals surface area contributed by atoms with Gasteiger partial charge in [0.05, 0.1) is 0 Å². The highest BCUT2D eigenvalue weighted by Gasteiger charge is 2.32. The molecular weight excluding hydrogens is 430 g/mol. The third kappa shape index (κ3) is 3.38. The second-order valence-corrected chi connectivity index (χ2v) is 8.45. The highest BCUT2D eigenvalue weighted by molar-refractivity contribution is 6.02. The van der Waals surface area contributed by atoms with Gasteiger partial charge in [-0.1, -0.05) is 48.5 Å². The largest absolute Gasteiger partial charge is 0.477 e. The first-order chi connectivity index (χ1) is 16.4. The minimum absolute atomic E-state index is 0.0458. The van der Waals surface area contributed by atoms with E-state index in [0.29, 0.717) is 22.2 Å². The summed E-state index contributed by atoms with van der Waals surface area (Å²) in [5, 5.41) is 21.7. The lowest BCUT2D eigenvalue weighted by Gasteiger charge is -2.21. The van der Waals surface area contributed by atoms with Crippen LogP contribution in [0.5, 0.6) is 0 Å². The SMILES string of the molecule is CN(C)c1ccc(C(c2c(C(=O)O)[nH]c3ccccc23)c2c(C(=O)O)[nH]c3ccccc23)cc1. The van der Waals surface area contributed by atoms with Gasteiger partial charge in [-0.25, -0.2) is 9.59 Å². The number of aromatic nitrogens is 2. The summed E-state index contributed by atoms with van der Waals surface area (Å²) in [5.74, 6) is -2.84. The zero-order valence-electron chi connectivity index (χ0n) is 18.7. The van der Waals surface area contributed by atoms with E-state index in [2.05, 4.69) is 9.97 Å². The zero-order valence-corrected chi connectivity index (χ0v) is 18.7. The molecule has 0 spiro atoms. The van der Waals surface area contributed by atoms with E-state index >= 15 is 0 Å². The minimum atomic E-state index is -1.10. The smallest absolute Gasteiger partial charge is 0.352 e. The first-order valence-corrected chi connectivity index (χ1v) is 10.8. The average molecular weight is 453 g/mol. The summed E-state index contributed by atoms with van der Waals surface area (Å²) < 4.78 is 0. The van der Waals surface area contributed by atoms with Gasteiger partial charge in [0, 0.05) is 58.6 Å². The van der Waals surface area contributed by atoms with Crippen molar-refractivity contribution >= 4 is 39.4 Å². The molecule has 0 fully saturated rings. The van der Waals surface area contributed by atoms with E-state index in [1.165, 1.54) is 0 Å². The van der Waals surface area contributed by atoms with E-state index in [9.17, 15) is 19.8 Å². The highest BCUT2D eigenvalue weighted by Crippen LogP contribution is 2.43. The van der Waals surface area contributed by atoms with Crippen LogP contribution in [0.15, 0.2) is 72.8 Å². The third-order valence-electron chi connectivity index (χ3n) is 6.24. The molecule has 7 heteroatoms. The molecular formula is C27H23N3O4. The molecule has 0 saturated heterocycles. The van der Waals surface area contributed by atoms with Gasteiger partial charge in [0.2, 0.25) is 0 Å². The van der Waals surface area contributed by atoms with Crippen LogP contribution in [-0.4, -0.2) is 46.2 Å². The van der Waals surface area contributed by atoms with Crippen molar-refractivity contribution in [3.8, 4) is 0 Å². The lowest BCUT2D eigenvalue weighted by atomic mass is 9.81. The van der Waals surface area contributed by atoms with Gasteiger partial charge < -0.3 is 25.1 Å².